The molecular formula is C11H23NO. The Balaban J connectivity index is 2.03. The van der Waals surface area contributed by atoms with Gasteiger partial charge in [0.15, 0.2) is 0 Å². The van der Waals surface area contributed by atoms with Gasteiger partial charge in [-0.25, -0.2) is 0 Å². The van der Waals surface area contributed by atoms with Crippen LogP contribution in [0.25, 0.3) is 0 Å². The molecule has 1 saturated carbocycles. The van der Waals surface area contributed by atoms with E-state index in [1.54, 1.807) is 0 Å². The van der Waals surface area contributed by atoms with Crippen LogP contribution in [0.15, 0.2) is 0 Å². The van der Waals surface area contributed by atoms with E-state index in [1.165, 1.54) is 43.6 Å². The highest BCUT2D eigenvalue weighted by atomic mass is 16.5. The van der Waals surface area contributed by atoms with E-state index in [0.717, 1.165) is 25.4 Å². The molecule has 1 aliphatic carbocycles. The van der Waals surface area contributed by atoms with Gasteiger partial charge in [-0.15, -0.1) is 0 Å². The van der Waals surface area contributed by atoms with Crippen molar-refractivity contribution in [2.75, 3.05) is 13.1 Å². The van der Waals surface area contributed by atoms with Gasteiger partial charge in [0.2, 0.25) is 0 Å². The molecule has 0 saturated heterocycles. The lowest BCUT2D eigenvalue weighted by molar-refractivity contribution is -0.0941. The van der Waals surface area contributed by atoms with Crippen molar-refractivity contribution >= 4 is 0 Å². The molecule has 0 atom stereocenters. The normalized spacial score (nSPS) is 19.6. The van der Waals surface area contributed by atoms with Crippen LogP contribution in [0.4, 0.5) is 0 Å². The molecular weight excluding hydrogens is 162 g/mol. The van der Waals surface area contributed by atoms with E-state index in [9.17, 15) is 5.21 Å². The summed E-state index contributed by atoms with van der Waals surface area (Å²) in [4.78, 5) is 0. The molecule has 1 aliphatic rings. The van der Waals surface area contributed by atoms with E-state index in [4.69, 9.17) is 0 Å². The highest BCUT2D eigenvalue weighted by Gasteiger charge is 2.13. The molecule has 0 aromatic carbocycles. The van der Waals surface area contributed by atoms with Crippen molar-refractivity contribution in [3.05, 3.63) is 0 Å². The Kier molecular flexibility index (Phi) is 5.40. The summed E-state index contributed by atoms with van der Waals surface area (Å²) < 4.78 is 0. The van der Waals surface area contributed by atoms with E-state index in [2.05, 4.69) is 6.92 Å². The van der Waals surface area contributed by atoms with Crippen LogP contribution >= 0.6 is 0 Å². The molecule has 0 aromatic rings. The topological polar surface area (TPSA) is 23.5 Å². The zero-order valence-corrected chi connectivity index (χ0v) is 8.84. The predicted octanol–water partition coefficient (Wildman–Crippen LogP) is 3.06. The molecule has 0 unspecified atom stereocenters. The van der Waals surface area contributed by atoms with Gasteiger partial charge in [-0.05, 0) is 18.8 Å². The Morgan fingerprint density at radius 3 is 2.46 bits per heavy atom. The molecule has 1 N–H and O–H groups in total. The number of rotatable bonds is 5. The minimum atomic E-state index is 0.826. The summed E-state index contributed by atoms with van der Waals surface area (Å²) in [6, 6.07) is 0. The molecule has 2 heteroatoms. The summed E-state index contributed by atoms with van der Waals surface area (Å²) in [6.07, 6.45) is 9.25. The maximum absolute atomic E-state index is 9.41. The van der Waals surface area contributed by atoms with Gasteiger partial charge >= 0.3 is 0 Å². The lowest BCUT2D eigenvalue weighted by atomic mass is 9.87. The van der Waals surface area contributed by atoms with Crippen molar-refractivity contribution in [2.24, 2.45) is 5.92 Å². The minimum Gasteiger partial charge on any atom is -0.314 e. The Labute approximate surface area is 81.9 Å². The number of hydrogen-bond acceptors (Lipinski definition) is 2. The van der Waals surface area contributed by atoms with Crippen LogP contribution in [0.2, 0.25) is 0 Å². The molecule has 2 nitrogen and oxygen atoms in total. The van der Waals surface area contributed by atoms with Gasteiger partial charge in [-0.2, -0.15) is 5.06 Å². The van der Waals surface area contributed by atoms with Gasteiger partial charge in [0, 0.05) is 13.1 Å². The highest BCUT2D eigenvalue weighted by molar-refractivity contribution is 4.66. The molecule has 0 radical (unpaired) electrons. The van der Waals surface area contributed by atoms with Gasteiger partial charge in [0.25, 0.3) is 0 Å². The first-order valence-electron chi connectivity index (χ1n) is 5.76. The summed E-state index contributed by atoms with van der Waals surface area (Å²) in [6.45, 7) is 3.80. The predicted molar refractivity (Wildman–Crippen MR) is 54.8 cm³/mol. The van der Waals surface area contributed by atoms with Crippen molar-refractivity contribution in [2.45, 2.75) is 51.9 Å². The molecule has 1 fully saturated rings. The second-order valence-electron chi connectivity index (χ2n) is 4.25. The van der Waals surface area contributed by atoms with Gasteiger partial charge in [-0.3, -0.25) is 0 Å². The van der Waals surface area contributed by atoms with Crippen LogP contribution in [-0.2, 0) is 0 Å². The summed E-state index contributed by atoms with van der Waals surface area (Å²) in [5.41, 5.74) is 0. The molecule has 0 aromatic heterocycles. The summed E-state index contributed by atoms with van der Waals surface area (Å²) in [7, 11) is 0. The molecule has 0 heterocycles. The van der Waals surface area contributed by atoms with Gasteiger partial charge < -0.3 is 5.21 Å². The monoisotopic (exact) mass is 185 g/mol. The average Bonchev–Trinajstić information content (AvgIpc) is 2.17. The Morgan fingerprint density at radius 1 is 1.15 bits per heavy atom. The lowest BCUT2D eigenvalue weighted by Crippen LogP contribution is -2.23. The molecule has 0 aliphatic heterocycles. The highest BCUT2D eigenvalue weighted by Crippen LogP contribution is 2.26. The van der Waals surface area contributed by atoms with Crippen LogP contribution in [-0.4, -0.2) is 23.4 Å². The maximum atomic E-state index is 9.41. The van der Waals surface area contributed by atoms with E-state index in [-0.39, 0.29) is 0 Å². The Hall–Kier alpha value is -0.0800. The first-order valence-corrected chi connectivity index (χ1v) is 5.76. The third-order valence-electron chi connectivity index (χ3n) is 3.00. The lowest BCUT2D eigenvalue weighted by Gasteiger charge is -2.23. The fraction of sp³-hybridized carbons (Fsp3) is 1.00. The van der Waals surface area contributed by atoms with Crippen LogP contribution in [0, 0.1) is 5.92 Å². The zero-order chi connectivity index (χ0) is 9.52. The van der Waals surface area contributed by atoms with Gasteiger partial charge in [0.1, 0.15) is 0 Å². The standard InChI is InChI=1S/C11H23NO/c1-2-9-12(13)10-8-11-6-4-3-5-7-11/h11,13H,2-10H2,1H3. The second kappa shape index (κ2) is 6.39. The summed E-state index contributed by atoms with van der Waals surface area (Å²) in [5.74, 6) is 0.889. The third-order valence-corrected chi connectivity index (χ3v) is 3.00. The van der Waals surface area contributed by atoms with Crippen molar-refractivity contribution in [1.29, 1.82) is 0 Å². The molecule has 0 spiro atoms. The maximum Gasteiger partial charge on any atom is 0.0240 e. The largest absolute Gasteiger partial charge is 0.314 e. The Bertz CT molecular complexity index is 121. The van der Waals surface area contributed by atoms with Crippen molar-refractivity contribution < 1.29 is 5.21 Å². The van der Waals surface area contributed by atoms with Crippen LogP contribution in [0.3, 0.4) is 0 Å². The fourth-order valence-corrected chi connectivity index (χ4v) is 2.18. The van der Waals surface area contributed by atoms with E-state index in [1.807, 2.05) is 0 Å². The van der Waals surface area contributed by atoms with E-state index >= 15 is 0 Å². The quantitative estimate of drug-likeness (QED) is 0.665. The van der Waals surface area contributed by atoms with E-state index < -0.39 is 0 Å². The number of hydrogen-bond donors (Lipinski definition) is 1. The third kappa shape index (κ3) is 4.63. The number of hydroxylamine groups is 2. The fourth-order valence-electron chi connectivity index (χ4n) is 2.18. The first kappa shape index (κ1) is 11.0. The van der Waals surface area contributed by atoms with Crippen molar-refractivity contribution in [1.82, 2.24) is 5.06 Å². The van der Waals surface area contributed by atoms with Gasteiger partial charge in [-0.1, -0.05) is 39.0 Å². The van der Waals surface area contributed by atoms with Gasteiger partial charge in [0.05, 0.1) is 0 Å². The van der Waals surface area contributed by atoms with Crippen molar-refractivity contribution in [3.8, 4) is 0 Å². The molecule has 13 heavy (non-hydrogen) atoms. The van der Waals surface area contributed by atoms with Crippen LogP contribution < -0.4 is 0 Å². The number of nitrogens with zero attached hydrogens (tertiary/aromatic N) is 1. The smallest absolute Gasteiger partial charge is 0.0240 e. The van der Waals surface area contributed by atoms with Crippen molar-refractivity contribution in [3.63, 3.8) is 0 Å². The molecule has 0 bridgehead atoms. The SMILES string of the molecule is CCCN(O)CCC1CCCCC1. The van der Waals surface area contributed by atoms with E-state index in [0.29, 0.717) is 0 Å². The zero-order valence-electron chi connectivity index (χ0n) is 8.84. The van der Waals surface area contributed by atoms with Crippen LogP contribution in [0.5, 0.6) is 0 Å². The Morgan fingerprint density at radius 2 is 1.85 bits per heavy atom. The minimum absolute atomic E-state index is 0.826. The van der Waals surface area contributed by atoms with Crippen LogP contribution in [0.1, 0.15) is 51.9 Å². The molecule has 1 rings (SSSR count). The first-order chi connectivity index (χ1) is 6.33. The molecule has 0 amide bonds. The molecule has 78 valence electrons. The summed E-state index contributed by atoms with van der Waals surface area (Å²) >= 11 is 0. The average molecular weight is 185 g/mol. The summed E-state index contributed by atoms with van der Waals surface area (Å²) in [5, 5.41) is 10.9. The second-order valence-corrected chi connectivity index (χ2v) is 4.25.